The second kappa shape index (κ2) is 12.7. The zero-order valence-electron chi connectivity index (χ0n) is 16.9. The van der Waals surface area contributed by atoms with Crippen LogP contribution in [-0.4, -0.2) is 29.9 Å². The maximum absolute atomic E-state index is 11.7. The van der Waals surface area contributed by atoms with Crippen molar-refractivity contribution in [2.75, 3.05) is 18.4 Å². The number of nitrogens with one attached hydrogen (secondary N) is 3. The zero-order valence-corrected chi connectivity index (χ0v) is 20.1. The summed E-state index contributed by atoms with van der Waals surface area (Å²) in [5.41, 5.74) is 3.01. The fourth-order valence-corrected chi connectivity index (χ4v) is 2.97. The molecule has 1 heterocycles. The monoisotopic (exact) mass is 515 g/mol. The normalized spacial score (nSPS) is 11.1. The maximum Gasteiger partial charge on any atom is 0.226 e. The highest BCUT2D eigenvalue weighted by Crippen LogP contribution is 2.12. The number of benzene rings is 1. The minimum absolute atomic E-state index is 0. The Labute approximate surface area is 188 Å². The number of amides is 1. The zero-order chi connectivity index (χ0) is 19.6. The molecule has 0 unspecified atom stereocenters. The Balaban J connectivity index is 0.00000392. The van der Waals surface area contributed by atoms with Gasteiger partial charge < -0.3 is 16.0 Å². The molecule has 0 saturated heterocycles. The number of carbonyl (C=O) groups is 1. The van der Waals surface area contributed by atoms with E-state index in [2.05, 4.69) is 31.3 Å². The number of rotatable bonds is 8. The molecule has 0 atom stereocenters. The third-order valence-corrected chi connectivity index (χ3v) is 4.67. The molecule has 1 aromatic heterocycles. The van der Waals surface area contributed by atoms with E-state index in [1.807, 2.05) is 52.0 Å². The highest BCUT2D eigenvalue weighted by molar-refractivity contribution is 14.0. The summed E-state index contributed by atoms with van der Waals surface area (Å²) in [6.45, 7) is 9.99. The molecular formula is C20H30IN5OS. The summed E-state index contributed by atoms with van der Waals surface area (Å²) < 4.78 is 0. The molecule has 2 rings (SSSR count). The van der Waals surface area contributed by atoms with Gasteiger partial charge in [-0.15, -0.1) is 35.3 Å². The van der Waals surface area contributed by atoms with E-state index in [0.717, 1.165) is 47.4 Å². The number of thiazole rings is 1. The fourth-order valence-electron chi connectivity index (χ4n) is 2.32. The van der Waals surface area contributed by atoms with Gasteiger partial charge in [0.1, 0.15) is 0 Å². The summed E-state index contributed by atoms with van der Waals surface area (Å²) in [6, 6.07) is 7.80. The minimum Gasteiger partial charge on any atom is -0.357 e. The number of hydrogen-bond donors (Lipinski definition) is 3. The number of aliphatic imine (C=N–C) groups is 1. The Kier molecular flexibility index (Phi) is 11.1. The molecule has 1 aromatic carbocycles. The summed E-state index contributed by atoms with van der Waals surface area (Å²) in [5, 5.41) is 12.7. The second-order valence-corrected chi connectivity index (χ2v) is 7.63. The van der Waals surface area contributed by atoms with Crippen molar-refractivity contribution in [1.82, 2.24) is 15.6 Å². The van der Waals surface area contributed by atoms with E-state index in [9.17, 15) is 4.79 Å². The first-order valence-corrected chi connectivity index (χ1v) is 10.2. The lowest BCUT2D eigenvalue weighted by molar-refractivity contribution is -0.118. The van der Waals surface area contributed by atoms with Gasteiger partial charge in [0.25, 0.3) is 0 Å². The van der Waals surface area contributed by atoms with E-state index < -0.39 is 0 Å². The quantitative estimate of drug-likeness (QED) is 0.283. The molecular weight excluding hydrogens is 485 g/mol. The summed E-state index contributed by atoms with van der Waals surface area (Å²) in [6.07, 6.45) is 0.874. The molecule has 0 aliphatic heterocycles. The Morgan fingerprint density at radius 1 is 1.21 bits per heavy atom. The highest BCUT2D eigenvalue weighted by atomic mass is 127. The van der Waals surface area contributed by atoms with Crippen molar-refractivity contribution in [1.29, 1.82) is 0 Å². The smallest absolute Gasteiger partial charge is 0.226 e. The van der Waals surface area contributed by atoms with Crippen molar-refractivity contribution < 1.29 is 4.79 Å². The summed E-state index contributed by atoms with van der Waals surface area (Å²) >= 11 is 1.68. The Morgan fingerprint density at radius 2 is 1.93 bits per heavy atom. The van der Waals surface area contributed by atoms with Gasteiger partial charge in [0.15, 0.2) is 5.96 Å². The van der Waals surface area contributed by atoms with Crippen LogP contribution in [0.1, 0.15) is 37.0 Å². The number of halogens is 1. The minimum atomic E-state index is -0.0313. The summed E-state index contributed by atoms with van der Waals surface area (Å²) in [5.74, 6) is 0.785. The van der Waals surface area contributed by atoms with Crippen LogP contribution in [0.25, 0.3) is 0 Å². The molecule has 0 spiro atoms. The highest BCUT2D eigenvalue weighted by Gasteiger charge is 2.06. The van der Waals surface area contributed by atoms with E-state index in [0.29, 0.717) is 6.54 Å². The third-order valence-electron chi connectivity index (χ3n) is 3.85. The lowest BCUT2D eigenvalue weighted by Gasteiger charge is -2.11. The molecule has 154 valence electrons. The number of aryl methyl sites for hydroxylation is 1. The van der Waals surface area contributed by atoms with Crippen molar-refractivity contribution in [3.8, 4) is 0 Å². The van der Waals surface area contributed by atoms with Gasteiger partial charge in [-0.3, -0.25) is 4.79 Å². The van der Waals surface area contributed by atoms with Crippen LogP contribution >= 0.6 is 35.3 Å². The molecule has 0 aliphatic rings. The molecule has 0 bridgehead atoms. The summed E-state index contributed by atoms with van der Waals surface area (Å²) in [4.78, 5) is 20.8. The number of aromatic nitrogens is 1. The van der Waals surface area contributed by atoms with Crippen LogP contribution in [0, 0.1) is 12.8 Å². The molecule has 6 nitrogen and oxygen atoms in total. The number of guanidine groups is 1. The van der Waals surface area contributed by atoms with Crippen molar-refractivity contribution in [2.45, 2.75) is 40.7 Å². The molecule has 3 N–H and O–H groups in total. The summed E-state index contributed by atoms with van der Waals surface area (Å²) in [7, 11) is 0. The maximum atomic E-state index is 11.7. The first-order valence-electron chi connectivity index (χ1n) is 9.31. The lowest BCUT2D eigenvalue weighted by atomic mass is 10.2. The van der Waals surface area contributed by atoms with Gasteiger partial charge >= 0.3 is 0 Å². The number of anilines is 1. The van der Waals surface area contributed by atoms with Crippen molar-refractivity contribution >= 4 is 52.9 Å². The van der Waals surface area contributed by atoms with Crippen LogP contribution in [0.15, 0.2) is 34.6 Å². The van der Waals surface area contributed by atoms with Crippen molar-refractivity contribution in [3.63, 3.8) is 0 Å². The molecule has 8 heteroatoms. The van der Waals surface area contributed by atoms with Crippen molar-refractivity contribution in [2.24, 2.45) is 10.9 Å². The van der Waals surface area contributed by atoms with Crippen LogP contribution in [0.2, 0.25) is 0 Å². The average molecular weight is 515 g/mol. The van der Waals surface area contributed by atoms with Crippen LogP contribution in [0.5, 0.6) is 0 Å². The standard InChI is InChI=1S/C20H29N5OS.HI/c1-5-21-20(22-11-10-18-13-27-15(4)24-18)23-12-16-6-8-17(9-7-16)25-19(26)14(2)3;/h6-9,13-14H,5,10-12H2,1-4H3,(H,25,26)(H2,21,22,23);1H. The Bertz CT molecular complexity index is 758. The molecule has 28 heavy (non-hydrogen) atoms. The first kappa shape index (κ1) is 24.4. The van der Waals surface area contributed by atoms with Gasteiger partial charge in [0, 0.05) is 36.5 Å². The predicted molar refractivity (Wildman–Crippen MR) is 129 cm³/mol. The SMILES string of the molecule is CCNC(=NCc1ccc(NC(=O)C(C)C)cc1)NCCc1csc(C)n1.I. The molecule has 0 saturated carbocycles. The molecule has 1 amide bonds. The van der Waals surface area contributed by atoms with Gasteiger partial charge in [-0.1, -0.05) is 26.0 Å². The first-order chi connectivity index (χ1) is 13.0. The fraction of sp³-hybridized carbons (Fsp3) is 0.450. The van der Waals surface area contributed by atoms with E-state index in [4.69, 9.17) is 0 Å². The van der Waals surface area contributed by atoms with E-state index in [1.165, 1.54) is 0 Å². The van der Waals surface area contributed by atoms with Gasteiger partial charge in [0.2, 0.25) is 5.91 Å². The van der Waals surface area contributed by atoms with Crippen LogP contribution in [-0.2, 0) is 17.8 Å². The van der Waals surface area contributed by atoms with Crippen LogP contribution < -0.4 is 16.0 Å². The van der Waals surface area contributed by atoms with Crippen LogP contribution in [0.3, 0.4) is 0 Å². The van der Waals surface area contributed by atoms with Gasteiger partial charge in [-0.2, -0.15) is 0 Å². The van der Waals surface area contributed by atoms with Gasteiger partial charge in [0.05, 0.1) is 17.2 Å². The molecule has 2 aromatic rings. The number of hydrogen-bond acceptors (Lipinski definition) is 4. The average Bonchev–Trinajstić information content (AvgIpc) is 3.06. The topological polar surface area (TPSA) is 78.4 Å². The van der Waals surface area contributed by atoms with E-state index >= 15 is 0 Å². The Hall–Kier alpha value is -1.68. The molecule has 0 fully saturated rings. The number of carbonyl (C=O) groups excluding carboxylic acids is 1. The molecule has 0 radical (unpaired) electrons. The van der Waals surface area contributed by atoms with E-state index in [-0.39, 0.29) is 35.8 Å². The van der Waals surface area contributed by atoms with Crippen LogP contribution in [0.4, 0.5) is 5.69 Å². The van der Waals surface area contributed by atoms with Gasteiger partial charge in [-0.05, 0) is 31.5 Å². The van der Waals surface area contributed by atoms with Crippen molar-refractivity contribution in [3.05, 3.63) is 45.9 Å². The third kappa shape index (κ3) is 8.55. The van der Waals surface area contributed by atoms with Gasteiger partial charge in [-0.25, -0.2) is 9.98 Å². The predicted octanol–water partition coefficient (Wildman–Crippen LogP) is 3.96. The number of nitrogens with zero attached hydrogens (tertiary/aromatic N) is 2. The second-order valence-electron chi connectivity index (χ2n) is 6.57. The molecule has 0 aliphatic carbocycles. The Morgan fingerprint density at radius 3 is 2.50 bits per heavy atom. The lowest BCUT2D eigenvalue weighted by Crippen LogP contribution is -2.38. The van der Waals surface area contributed by atoms with E-state index in [1.54, 1.807) is 11.3 Å². The largest absolute Gasteiger partial charge is 0.357 e.